The summed E-state index contributed by atoms with van der Waals surface area (Å²) in [6.07, 6.45) is 0. The van der Waals surface area contributed by atoms with Crippen LogP contribution in [-0.2, 0) is 4.79 Å². The van der Waals surface area contributed by atoms with Crippen molar-refractivity contribution in [3.8, 4) is 5.75 Å². The Hall–Kier alpha value is -3.34. The third-order valence-corrected chi connectivity index (χ3v) is 3.86. The van der Waals surface area contributed by atoms with Gasteiger partial charge in [-0.3, -0.25) is 4.79 Å². The van der Waals surface area contributed by atoms with Crippen LogP contribution in [0.1, 0.15) is 15.9 Å². The molecule has 2 N–H and O–H groups in total. The molecule has 3 rings (SSSR count). The van der Waals surface area contributed by atoms with Crippen LogP contribution in [0.3, 0.4) is 0 Å². The second kappa shape index (κ2) is 7.05. The van der Waals surface area contributed by atoms with Crippen molar-refractivity contribution in [2.24, 2.45) is 0 Å². The number of para-hydroxylation sites is 1. The molecule has 0 aliphatic rings. The van der Waals surface area contributed by atoms with E-state index in [4.69, 9.17) is 4.74 Å². The number of carboxylic acid groups (broad SMARTS) is 1. The Bertz CT molecular complexity index is 949. The van der Waals surface area contributed by atoms with Gasteiger partial charge in [0.1, 0.15) is 5.75 Å². The fourth-order valence-corrected chi connectivity index (χ4v) is 2.59. The number of anilines is 1. The summed E-state index contributed by atoms with van der Waals surface area (Å²) in [6, 6.07) is 18.3. The third-order valence-electron chi connectivity index (χ3n) is 3.86. The van der Waals surface area contributed by atoms with Gasteiger partial charge in [-0.15, -0.1) is 0 Å². The van der Waals surface area contributed by atoms with Crippen molar-refractivity contribution in [2.75, 3.05) is 11.9 Å². The van der Waals surface area contributed by atoms with Crippen LogP contribution in [0.2, 0.25) is 0 Å². The molecule has 0 aliphatic heterocycles. The molecule has 25 heavy (non-hydrogen) atoms. The van der Waals surface area contributed by atoms with Gasteiger partial charge in [0.2, 0.25) is 0 Å². The Kier molecular flexibility index (Phi) is 4.66. The molecule has 3 aromatic rings. The number of rotatable bonds is 5. The topological polar surface area (TPSA) is 75.6 Å². The average Bonchev–Trinajstić information content (AvgIpc) is 2.61. The molecule has 5 heteroatoms. The zero-order chi connectivity index (χ0) is 17.8. The highest BCUT2D eigenvalue weighted by atomic mass is 16.5. The molecule has 3 aromatic carbocycles. The molecule has 0 aromatic heterocycles. The van der Waals surface area contributed by atoms with Gasteiger partial charge < -0.3 is 15.2 Å². The Morgan fingerprint density at radius 3 is 2.52 bits per heavy atom. The lowest BCUT2D eigenvalue weighted by atomic mass is 10.1. The molecule has 0 radical (unpaired) electrons. The summed E-state index contributed by atoms with van der Waals surface area (Å²) in [7, 11) is 0. The molecular formula is C20H17NO4. The van der Waals surface area contributed by atoms with Gasteiger partial charge in [-0.1, -0.05) is 42.5 Å². The van der Waals surface area contributed by atoms with Gasteiger partial charge in [0.15, 0.2) is 6.61 Å². The predicted octanol–water partition coefficient (Wildman–Crippen LogP) is 3.86. The lowest BCUT2D eigenvalue weighted by Crippen LogP contribution is -2.22. The number of nitrogens with one attached hydrogen (secondary N) is 1. The fourth-order valence-electron chi connectivity index (χ4n) is 2.59. The number of hydrogen-bond donors (Lipinski definition) is 2. The van der Waals surface area contributed by atoms with E-state index in [9.17, 15) is 14.7 Å². The van der Waals surface area contributed by atoms with Crippen molar-refractivity contribution in [2.45, 2.75) is 6.92 Å². The number of ether oxygens (including phenoxy) is 1. The molecule has 5 nitrogen and oxygen atoms in total. The largest absolute Gasteiger partial charge is 0.484 e. The second-order valence-electron chi connectivity index (χ2n) is 5.65. The summed E-state index contributed by atoms with van der Waals surface area (Å²) in [5.74, 6) is -0.920. The SMILES string of the molecule is Cc1cccc(C(=O)O)c1NC(=O)COc1ccc2ccccc2c1. The molecule has 0 heterocycles. The molecule has 0 bridgehead atoms. The van der Waals surface area contributed by atoms with Gasteiger partial charge in [0.25, 0.3) is 5.91 Å². The summed E-state index contributed by atoms with van der Waals surface area (Å²) in [5, 5.41) is 14.0. The van der Waals surface area contributed by atoms with E-state index in [2.05, 4.69) is 5.32 Å². The first kappa shape index (κ1) is 16.5. The minimum atomic E-state index is -1.09. The number of carbonyl (C=O) groups is 2. The zero-order valence-electron chi connectivity index (χ0n) is 13.7. The first-order valence-corrected chi connectivity index (χ1v) is 7.79. The number of fused-ring (bicyclic) bond motifs is 1. The van der Waals surface area contributed by atoms with Crippen LogP contribution in [0.5, 0.6) is 5.75 Å². The van der Waals surface area contributed by atoms with Crippen LogP contribution < -0.4 is 10.1 Å². The molecule has 0 unspecified atom stereocenters. The standard InChI is InChI=1S/C20H17NO4/c1-13-5-4-8-17(20(23)24)19(13)21-18(22)12-25-16-10-9-14-6-2-3-7-15(14)11-16/h2-11H,12H2,1H3,(H,21,22)(H,23,24). The van der Waals surface area contributed by atoms with E-state index in [1.54, 1.807) is 25.1 Å². The molecule has 1 amide bonds. The number of carbonyl (C=O) groups excluding carboxylic acids is 1. The molecule has 0 atom stereocenters. The predicted molar refractivity (Wildman–Crippen MR) is 96.2 cm³/mol. The Morgan fingerprint density at radius 1 is 1.00 bits per heavy atom. The van der Waals surface area contributed by atoms with Gasteiger partial charge >= 0.3 is 5.97 Å². The minimum absolute atomic E-state index is 0.0547. The second-order valence-corrected chi connectivity index (χ2v) is 5.65. The molecule has 0 fully saturated rings. The zero-order valence-corrected chi connectivity index (χ0v) is 13.7. The number of hydrogen-bond acceptors (Lipinski definition) is 3. The maximum absolute atomic E-state index is 12.1. The van der Waals surface area contributed by atoms with Crippen LogP contribution in [0, 0.1) is 6.92 Å². The van der Waals surface area contributed by atoms with E-state index in [1.165, 1.54) is 6.07 Å². The molecule has 0 saturated heterocycles. The van der Waals surface area contributed by atoms with Crippen molar-refractivity contribution in [3.05, 3.63) is 71.8 Å². The Balaban J connectivity index is 1.70. The van der Waals surface area contributed by atoms with Crippen LogP contribution >= 0.6 is 0 Å². The normalized spacial score (nSPS) is 10.4. The monoisotopic (exact) mass is 335 g/mol. The summed E-state index contributed by atoms with van der Waals surface area (Å²) in [4.78, 5) is 23.4. The van der Waals surface area contributed by atoms with Gasteiger partial charge in [0, 0.05) is 0 Å². The molecule has 126 valence electrons. The van der Waals surface area contributed by atoms with Crippen molar-refractivity contribution in [1.29, 1.82) is 0 Å². The third kappa shape index (κ3) is 3.77. The van der Waals surface area contributed by atoms with Crippen molar-refractivity contribution >= 4 is 28.3 Å². The first-order valence-electron chi connectivity index (χ1n) is 7.79. The van der Waals surface area contributed by atoms with Crippen molar-refractivity contribution in [3.63, 3.8) is 0 Å². The number of carboxylic acids is 1. The van der Waals surface area contributed by atoms with Crippen molar-refractivity contribution in [1.82, 2.24) is 0 Å². The number of amides is 1. The van der Waals surface area contributed by atoms with E-state index in [0.29, 0.717) is 17.0 Å². The van der Waals surface area contributed by atoms with Gasteiger partial charge in [-0.2, -0.15) is 0 Å². The number of aryl methyl sites for hydroxylation is 1. The summed E-state index contributed by atoms with van der Waals surface area (Å²) < 4.78 is 5.53. The van der Waals surface area contributed by atoms with E-state index in [1.807, 2.05) is 36.4 Å². The quantitative estimate of drug-likeness (QED) is 0.742. The van der Waals surface area contributed by atoms with Crippen LogP contribution in [0.4, 0.5) is 5.69 Å². The minimum Gasteiger partial charge on any atom is -0.484 e. The van der Waals surface area contributed by atoms with E-state index < -0.39 is 11.9 Å². The molecule has 0 aliphatic carbocycles. The smallest absolute Gasteiger partial charge is 0.337 e. The summed E-state index contributed by atoms with van der Waals surface area (Å²) in [5.41, 5.74) is 1.03. The number of aromatic carboxylic acids is 1. The summed E-state index contributed by atoms with van der Waals surface area (Å²) in [6.45, 7) is 1.54. The van der Waals surface area contributed by atoms with Crippen LogP contribution in [0.15, 0.2) is 60.7 Å². The Labute approximate surface area is 144 Å². The maximum Gasteiger partial charge on any atom is 0.337 e. The molecular weight excluding hydrogens is 318 g/mol. The van der Waals surface area contributed by atoms with Crippen LogP contribution in [0.25, 0.3) is 10.8 Å². The average molecular weight is 335 g/mol. The lowest BCUT2D eigenvalue weighted by Gasteiger charge is -2.12. The number of benzene rings is 3. The van der Waals surface area contributed by atoms with Crippen LogP contribution in [-0.4, -0.2) is 23.6 Å². The highest BCUT2D eigenvalue weighted by molar-refractivity contribution is 6.01. The van der Waals surface area contributed by atoms with E-state index >= 15 is 0 Å². The van der Waals surface area contributed by atoms with Gasteiger partial charge in [-0.25, -0.2) is 4.79 Å². The molecule has 0 saturated carbocycles. The highest BCUT2D eigenvalue weighted by Gasteiger charge is 2.14. The van der Waals surface area contributed by atoms with Gasteiger partial charge in [0.05, 0.1) is 11.3 Å². The molecule has 0 spiro atoms. The maximum atomic E-state index is 12.1. The summed E-state index contributed by atoms with van der Waals surface area (Å²) >= 11 is 0. The van der Waals surface area contributed by atoms with Crippen molar-refractivity contribution < 1.29 is 19.4 Å². The van der Waals surface area contributed by atoms with E-state index in [-0.39, 0.29) is 12.2 Å². The van der Waals surface area contributed by atoms with Gasteiger partial charge in [-0.05, 0) is 41.5 Å². The lowest BCUT2D eigenvalue weighted by molar-refractivity contribution is -0.118. The first-order chi connectivity index (χ1) is 12.0. The fraction of sp³-hybridized carbons (Fsp3) is 0.100. The van der Waals surface area contributed by atoms with E-state index in [0.717, 1.165) is 10.8 Å². The highest BCUT2D eigenvalue weighted by Crippen LogP contribution is 2.22. The Morgan fingerprint density at radius 2 is 1.76 bits per heavy atom.